The molecule has 7 heteroatoms. The highest BCUT2D eigenvalue weighted by Crippen LogP contribution is 2.37. The highest BCUT2D eigenvalue weighted by atomic mass is 32.1. The number of anilines is 2. The van der Waals surface area contributed by atoms with E-state index in [1.54, 1.807) is 0 Å². The fourth-order valence-corrected chi connectivity index (χ4v) is 6.07. The molecule has 2 fully saturated rings. The maximum absolute atomic E-state index is 12.7. The van der Waals surface area contributed by atoms with E-state index in [0.29, 0.717) is 23.2 Å². The van der Waals surface area contributed by atoms with E-state index in [1.165, 1.54) is 35.4 Å². The number of amides is 1. The molecule has 2 aliphatic heterocycles. The Morgan fingerprint density at radius 3 is 2.94 bits per heavy atom. The molecule has 2 aliphatic rings. The SMILES string of the molecule is Cc1ccc2c(N)c(C(=O)NCCc3ccc(N4CCC5(C)NCCC45)cc3)sc2n1. The molecule has 0 spiro atoms. The number of nitrogens with zero attached hydrogens (tertiary/aromatic N) is 2. The average Bonchev–Trinajstić information content (AvgIpc) is 3.39. The van der Waals surface area contributed by atoms with Crippen molar-refractivity contribution in [1.29, 1.82) is 0 Å². The zero-order valence-corrected chi connectivity index (χ0v) is 18.9. The first kappa shape index (κ1) is 20.3. The van der Waals surface area contributed by atoms with Crippen LogP contribution in [0.25, 0.3) is 10.2 Å². The van der Waals surface area contributed by atoms with Gasteiger partial charge in [0.2, 0.25) is 0 Å². The Kier molecular flexibility index (Phi) is 5.10. The Bertz CT molecular complexity index is 1120. The molecule has 1 amide bonds. The standard InChI is InChI=1S/C24H29N5OS/c1-15-3-8-18-20(25)21(31-23(18)28-15)22(30)26-12-9-16-4-6-17(7-5-16)29-14-11-24(2)19(29)10-13-27-24/h3-8,19,27H,9-14,25H2,1-2H3,(H,26,30). The first-order valence-corrected chi connectivity index (χ1v) is 11.8. The second-order valence-corrected chi connectivity index (χ2v) is 9.91. The van der Waals surface area contributed by atoms with Gasteiger partial charge in [-0.2, -0.15) is 0 Å². The van der Waals surface area contributed by atoms with Gasteiger partial charge >= 0.3 is 0 Å². The molecule has 0 aliphatic carbocycles. The number of hydrogen-bond donors (Lipinski definition) is 3. The predicted molar refractivity (Wildman–Crippen MR) is 128 cm³/mol. The first-order valence-electron chi connectivity index (χ1n) is 11.0. The number of nitrogen functional groups attached to an aromatic ring is 1. The van der Waals surface area contributed by atoms with Crippen LogP contribution in [-0.2, 0) is 6.42 Å². The summed E-state index contributed by atoms with van der Waals surface area (Å²) in [7, 11) is 0. The summed E-state index contributed by atoms with van der Waals surface area (Å²) in [5.41, 5.74) is 10.4. The number of hydrogen-bond acceptors (Lipinski definition) is 6. The van der Waals surface area contributed by atoms with Crippen molar-refractivity contribution < 1.29 is 4.79 Å². The number of nitrogens with two attached hydrogens (primary N) is 1. The molecule has 0 radical (unpaired) electrons. The zero-order chi connectivity index (χ0) is 21.6. The lowest BCUT2D eigenvalue weighted by molar-refractivity contribution is 0.0959. The van der Waals surface area contributed by atoms with Crippen LogP contribution in [0.4, 0.5) is 11.4 Å². The minimum absolute atomic E-state index is 0.125. The molecule has 0 saturated carbocycles. The Balaban J connectivity index is 1.19. The fourth-order valence-electron chi connectivity index (χ4n) is 5.02. The highest BCUT2D eigenvalue weighted by molar-refractivity contribution is 7.21. The summed E-state index contributed by atoms with van der Waals surface area (Å²) >= 11 is 1.36. The van der Waals surface area contributed by atoms with Gasteiger partial charge in [-0.1, -0.05) is 12.1 Å². The van der Waals surface area contributed by atoms with Crippen molar-refractivity contribution in [3.8, 4) is 0 Å². The molecule has 2 aromatic heterocycles. The zero-order valence-electron chi connectivity index (χ0n) is 18.1. The molecule has 0 bridgehead atoms. The van der Waals surface area contributed by atoms with Gasteiger partial charge in [-0.3, -0.25) is 4.79 Å². The molecule has 2 atom stereocenters. The van der Waals surface area contributed by atoms with Crippen LogP contribution in [0.5, 0.6) is 0 Å². The van der Waals surface area contributed by atoms with E-state index in [1.807, 2.05) is 19.1 Å². The van der Waals surface area contributed by atoms with Crippen LogP contribution < -0.4 is 21.3 Å². The number of pyridine rings is 1. The Morgan fingerprint density at radius 1 is 1.32 bits per heavy atom. The monoisotopic (exact) mass is 435 g/mol. The molecule has 6 nitrogen and oxygen atoms in total. The first-order chi connectivity index (χ1) is 14.9. The molecular formula is C24H29N5OS. The van der Waals surface area contributed by atoms with Crippen molar-refractivity contribution in [2.24, 2.45) is 0 Å². The lowest BCUT2D eigenvalue weighted by Crippen LogP contribution is -2.44. The van der Waals surface area contributed by atoms with Crippen LogP contribution in [0.2, 0.25) is 0 Å². The van der Waals surface area contributed by atoms with Gasteiger partial charge in [0.15, 0.2) is 0 Å². The summed E-state index contributed by atoms with van der Waals surface area (Å²) < 4.78 is 0. The van der Waals surface area contributed by atoms with Crippen LogP contribution in [0.3, 0.4) is 0 Å². The van der Waals surface area contributed by atoms with Crippen LogP contribution in [0.1, 0.15) is 40.7 Å². The van der Waals surface area contributed by atoms with Crippen LogP contribution in [0.15, 0.2) is 36.4 Å². The van der Waals surface area contributed by atoms with Gasteiger partial charge in [0, 0.05) is 41.4 Å². The summed E-state index contributed by atoms with van der Waals surface area (Å²) in [6.07, 6.45) is 3.19. The van der Waals surface area contributed by atoms with Gasteiger partial charge < -0.3 is 21.3 Å². The van der Waals surface area contributed by atoms with Gasteiger partial charge in [0.05, 0.1) is 5.69 Å². The third kappa shape index (κ3) is 3.66. The Labute approximate surface area is 186 Å². The van der Waals surface area contributed by atoms with Crippen molar-refractivity contribution in [2.45, 2.75) is 44.7 Å². The van der Waals surface area contributed by atoms with Crippen LogP contribution in [-0.4, -0.2) is 42.1 Å². The highest BCUT2D eigenvalue weighted by Gasteiger charge is 2.46. The van der Waals surface area contributed by atoms with Crippen molar-refractivity contribution >= 4 is 38.8 Å². The van der Waals surface area contributed by atoms with Crippen molar-refractivity contribution in [1.82, 2.24) is 15.6 Å². The lowest BCUT2D eigenvalue weighted by Gasteiger charge is -2.30. The number of carbonyl (C=O) groups is 1. The molecule has 2 saturated heterocycles. The molecule has 5 rings (SSSR count). The lowest BCUT2D eigenvalue weighted by atomic mass is 9.95. The van der Waals surface area contributed by atoms with Gasteiger partial charge in [-0.15, -0.1) is 11.3 Å². The van der Waals surface area contributed by atoms with Crippen LogP contribution in [0, 0.1) is 6.92 Å². The third-order valence-electron chi connectivity index (χ3n) is 6.84. The quantitative estimate of drug-likeness (QED) is 0.571. The number of benzene rings is 1. The Hall–Kier alpha value is -2.64. The minimum atomic E-state index is -0.125. The number of nitrogens with one attached hydrogen (secondary N) is 2. The Morgan fingerprint density at radius 2 is 2.13 bits per heavy atom. The molecular weight excluding hydrogens is 406 g/mol. The normalized spacial score (nSPS) is 22.8. The molecule has 1 aromatic carbocycles. The maximum atomic E-state index is 12.7. The number of carbonyl (C=O) groups excluding carboxylic acids is 1. The maximum Gasteiger partial charge on any atom is 0.263 e. The summed E-state index contributed by atoms with van der Waals surface area (Å²) in [5.74, 6) is -0.125. The largest absolute Gasteiger partial charge is 0.397 e. The topological polar surface area (TPSA) is 83.3 Å². The minimum Gasteiger partial charge on any atom is -0.397 e. The average molecular weight is 436 g/mol. The van der Waals surface area contributed by atoms with Crippen molar-refractivity contribution in [3.05, 3.63) is 52.5 Å². The number of thiophene rings is 1. The molecule has 162 valence electrons. The van der Waals surface area contributed by atoms with Crippen molar-refractivity contribution in [3.63, 3.8) is 0 Å². The summed E-state index contributed by atoms with van der Waals surface area (Å²) in [5, 5.41) is 7.55. The number of aromatic nitrogens is 1. The number of rotatable bonds is 5. The van der Waals surface area contributed by atoms with E-state index in [9.17, 15) is 4.79 Å². The summed E-state index contributed by atoms with van der Waals surface area (Å²) in [4.78, 5) is 21.0. The molecule has 31 heavy (non-hydrogen) atoms. The third-order valence-corrected chi connectivity index (χ3v) is 7.95. The van der Waals surface area contributed by atoms with Gasteiger partial charge in [0.1, 0.15) is 9.71 Å². The van der Waals surface area contributed by atoms with Gasteiger partial charge in [0.25, 0.3) is 5.91 Å². The van der Waals surface area contributed by atoms with E-state index in [0.717, 1.165) is 35.4 Å². The van der Waals surface area contributed by atoms with E-state index in [-0.39, 0.29) is 11.4 Å². The molecule has 3 aromatic rings. The number of aryl methyl sites for hydroxylation is 1. The molecule has 2 unspecified atom stereocenters. The fraction of sp³-hybridized carbons (Fsp3) is 0.417. The van der Waals surface area contributed by atoms with Crippen molar-refractivity contribution in [2.75, 3.05) is 30.3 Å². The summed E-state index contributed by atoms with van der Waals surface area (Å²) in [6.45, 7) is 7.08. The summed E-state index contributed by atoms with van der Waals surface area (Å²) in [6, 6.07) is 13.2. The van der Waals surface area contributed by atoms with E-state index in [4.69, 9.17) is 5.73 Å². The second kappa shape index (κ2) is 7.80. The predicted octanol–water partition coefficient (Wildman–Crippen LogP) is 3.49. The molecule has 4 N–H and O–H groups in total. The second-order valence-electron chi connectivity index (χ2n) is 8.91. The number of fused-ring (bicyclic) bond motifs is 2. The van der Waals surface area contributed by atoms with E-state index >= 15 is 0 Å². The van der Waals surface area contributed by atoms with Gasteiger partial charge in [-0.25, -0.2) is 4.98 Å². The molecule has 4 heterocycles. The van der Waals surface area contributed by atoms with Gasteiger partial charge in [-0.05, 0) is 69.5 Å². The smallest absolute Gasteiger partial charge is 0.263 e. The van der Waals surface area contributed by atoms with E-state index < -0.39 is 0 Å². The van der Waals surface area contributed by atoms with E-state index in [2.05, 4.69) is 51.7 Å². The van der Waals surface area contributed by atoms with Crippen LogP contribution >= 0.6 is 11.3 Å².